The normalized spacial score (nSPS) is 12.4. The summed E-state index contributed by atoms with van der Waals surface area (Å²) >= 11 is 0. The van der Waals surface area contributed by atoms with E-state index in [-0.39, 0.29) is 11.9 Å². The van der Waals surface area contributed by atoms with Crippen molar-refractivity contribution in [3.63, 3.8) is 0 Å². The molecule has 0 aliphatic rings. The predicted molar refractivity (Wildman–Crippen MR) is 158 cm³/mol. The van der Waals surface area contributed by atoms with Gasteiger partial charge in [-0.15, -0.1) is 10.2 Å². The smallest absolute Gasteiger partial charge is 0.475 e. The van der Waals surface area contributed by atoms with Crippen LogP contribution in [0.15, 0.2) is 60.8 Å². The van der Waals surface area contributed by atoms with Gasteiger partial charge in [0.25, 0.3) is 0 Å². The number of rotatable bonds is 12. The Morgan fingerprint density at radius 2 is 1.67 bits per heavy atom. The van der Waals surface area contributed by atoms with Crippen LogP contribution in [0.4, 0.5) is 13.2 Å². The minimum Gasteiger partial charge on any atom is -0.475 e. The number of carboxylic acids is 1. The van der Waals surface area contributed by atoms with E-state index in [0.717, 1.165) is 47.5 Å². The van der Waals surface area contributed by atoms with Crippen molar-refractivity contribution in [3.8, 4) is 0 Å². The topological polar surface area (TPSA) is 139 Å². The number of carbonyl (C=O) groups is 2. The van der Waals surface area contributed by atoms with Crippen LogP contribution >= 0.6 is 0 Å². The number of fused-ring (bicyclic) bond motifs is 1. The van der Waals surface area contributed by atoms with Gasteiger partial charge in [-0.2, -0.15) is 13.2 Å². The van der Waals surface area contributed by atoms with Gasteiger partial charge in [-0.3, -0.25) is 4.79 Å². The molecule has 9 nitrogen and oxygen atoms in total. The molecule has 232 valence electrons. The van der Waals surface area contributed by atoms with Crippen LogP contribution in [0.25, 0.3) is 10.9 Å². The third-order valence-corrected chi connectivity index (χ3v) is 6.84. The molecule has 0 aliphatic heterocycles. The van der Waals surface area contributed by atoms with Crippen LogP contribution in [0.3, 0.4) is 0 Å². The lowest BCUT2D eigenvalue weighted by atomic mass is 10.0. The van der Waals surface area contributed by atoms with Crippen LogP contribution in [-0.4, -0.2) is 48.4 Å². The number of aromatic amines is 1. The number of nitrogens with two attached hydrogens (primary N) is 1. The van der Waals surface area contributed by atoms with E-state index in [4.69, 9.17) is 15.6 Å². The van der Waals surface area contributed by atoms with Crippen molar-refractivity contribution in [2.45, 2.75) is 83.6 Å². The molecular formula is C31H39F3N6O3. The Morgan fingerprint density at radius 3 is 2.30 bits per heavy atom. The molecule has 0 fully saturated rings. The monoisotopic (exact) mass is 600 g/mol. The van der Waals surface area contributed by atoms with E-state index in [1.54, 1.807) is 13.8 Å². The van der Waals surface area contributed by atoms with Crippen molar-refractivity contribution in [3.05, 3.63) is 83.6 Å². The average Bonchev–Trinajstić information content (AvgIpc) is 3.54. The molecule has 0 bridgehead atoms. The van der Waals surface area contributed by atoms with Crippen molar-refractivity contribution in [2.24, 2.45) is 5.73 Å². The Balaban J connectivity index is 0.000000646. The number of benzene rings is 2. The summed E-state index contributed by atoms with van der Waals surface area (Å²) in [7, 11) is 0. The summed E-state index contributed by atoms with van der Waals surface area (Å²) in [6.45, 7) is 6.48. The van der Waals surface area contributed by atoms with Crippen LogP contribution in [0.1, 0.15) is 75.3 Å². The fraction of sp³-hybridized carbons (Fsp3) is 0.419. The predicted octanol–water partition coefficient (Wildman–Crippen LogP) is 5.70. The molecule has 0 spiro atoms. The second-order valence-corrected chi connectivity index (χ2v) is 11.0. The summed E-state index contributed by atoms with van der Waals surface area (Å²) in [5.74, 6) is -1.27. The van der Waals surface area contributed by atoms with Crippen molar-refractivity contribution < 1.29 is 27.9 Å². The number of hydrogen-bond acceptors (Lipinski definition) is 5. The zero-order valence-electron chi connectivity index (χ0n) is 24.6. The standard InChI is InChI=1S/C29H38N6O.C2HF3O2/c1-4-5-6-12-17-35-26(18-21-13-8-7-9-14-21)33-34-27(35)25(32-28(36)29(2,3)30)19-22-20-31-24-16-11-10-15-23(22)24;3-2(4,5)1(6)7/h7-11,13-16,20,25,31H,4-6,12,17-19,30H2,1-3H3,(H,32,36);(H,6,7)/t25-;/m1./s1. The van der Waals surface area contributed by atoms with Crippen LogP contribution in [0, 0.1) is 0 Å². The minimum atomic E-state index is -5.08. The van der Waals surface area contributed by atoms with Crippen LogP contribution in [0.2, 0.25) is 0 Å². The average molecular weight is 601 g/mol. The van der Waals surface area contributed by atoms with Gasteiger partial charge in [0.15, 0.2) is 5.82 Å². The molecule has 0 saturated heterocycles. The second-order valence-electron chi connectivity index (χ2n) is 11.0. The number of H-pyrrole nitrogens is 1. The molecular weight excluding hydrogens is 561 g/mol. The molecule has 2 heterocycles. The van der Waals surface area contributed by atoms with E-state index in [0.29, 0.717) is 12.8 Å². The summed E-state index contributed by atoms with van der Waals surface area (Å²) in [5, 5.41) is 20.7. The molecule has 0 saturated carbocycles. The third-order valence-electron chi connectivity index (χ3n) is 6.84. The number of aliphatic carboxylic acids is 1. The lowest BCUT2D eigenvalue weighted by molar-refractivity contribution is -0.192. The number of carbonyl (C=O) groups excluding carboxylic acids is 1. The molecule has 2 aromatic heterocycles. The van der Waals surface area contributed by atoms with Crippen LogP contribution < -0.4 is 11.1 Å². The lowest BCUT2D eigenvalue weighted by Crippen LogP contribution is -2.50. The zero-order chi connectivity index (χ0) is 31.6. The summed E-state index contributed by atoms with van der Waals surface area (Å²) in [5.41, 5.74) is 8.54. The van der Waals surface area contributed by atoms with E-state index in [9.17, 15) is 18.0 Å². The van der Waals surface area contributed by atoms with Gasteiger partial charge in [-0.25, -0.2) is 4.79 Å². The Labute approximate surface area is 248 Å². The largest absolute Gasteiger partial charge is 0.490 e. The van der Waals surface area contributed by atoms with Crippen LogP contribution in [-0.2, 0) is 29.0 Å². The molecule has 1 amide bonds. The first-order valence-electron chi connectivity index (χ1n) is 14.2. The van der Waals surface area contributed by atoms with E-state index in [1.807, 2.05) is 36.5 Å². The highest BCUT2D eigenvalue weighted by atomic mass is 19.4. The Hall–Kier alpha value is -4.19. The van der Waals surface area contributed by atoms with E-state index in [1.165, 1.54) is 18.4 Å². The van der Waals surface area contributed by atoms with Gasteiger partial charge in [0, 0.05) is 36.5 Å². The van der Waals surface area contributed by atoms with Gasteiger partial charge in [0.05, 0.1) is 11.6 Å². The molecule has 0 aliphatic carbocycles. The fourth-order valence-corrected chi connectivity index (χ4v) is 4.53. The van der Waals surface area contributed by atoms with Gasteiger partial charge >= 0.3 is 12.1 Å². The van der Waals surface area contributed by atoms with E-state index in [2.05, 4.69) is 56.3 Å². The number of aromatic nitrogens is 4. The summed E-state index contributed by atoms with van der Waals surface area (Å²) in [6.07, 6.45) is 2.77. The van der Waals surface area contributed by atoms with Crippen molar-refractivity contribution in [1.82, 2.24) is 25.1 Å². The Morgan fingerprint density at radius 1 is 1.02 bits per heavy atom. The Bertz CT molecular complexity index is 1480. The highest BCUT2D eigenvalue weighted by Gasteiger charge is 2.38. The fourth-order valence-electron chi connectivity index (χ4n) is 4.53. The maximum atomic E-state index is 13.0. The minimum absolute atomic E-state index is 0.211. The summed E-state index contributed by atoms with van der Waals surface area (Å²) < 4.78 is 34.0. The number of para-hydroxylation sites is 1. The quantitative estimate of drug-likeness (QED) is 0.154. The van der Waals surface area contributed by atoms with Gasteiger partial charge in [-0.1, -0.05) is 74.7 Å². The maximum Gasteiger partial charge on any atom is 0.490 e. The van der Waals surface area contributed by atoms with E-state index >= 15 is 0 Å². The van der Waals surface area contributed by atoms with Crippen molar-refractivity contribution >= 4 is 22.8 Å². The molecule has 0 radical (unpaired) electrons. The molecule has 12 heteroatoms. The number of hydrogen-bond donors (Lipinski definition) is 4. The third kappa shape index (κ3) is 9.67. The first-order chi connectivity index (χ1) is 20.3. The number of nitrogens with one attached hydrogen (secondary N) is 2. The SMILES string of the molecule is CCCCCCn1c(Cc2ccccc2)nnc1[C@@H](Cc1c[nH]c2ccccc12)NC(=O)C(C)(C)N.O=C(O)C(F)(F)F. The second kappa shape index (κ2) is 14.8. The maximum absolute atomic E-state index is 13.0. The molecule has 1 atom stereocenters. The summed E-state index contributed by atoms with van der Waals surface area (Å²) in [4.78, 5) is 25.3. The highest BCUT2D eigenvalue weighted by molar-refractivity contribution is 5.86. The first kappa shape index (κ1) is 33.3. The number of carboxylic acid groups (broad SMARTS) is 1. The van der Waals surface area contributed by atoms with Gasteiger partial charge in [0.2, 0.25) is 5.91 Å². The zero-order valence-corrected chi connectivity index (χ0v) is 24.6. The number of nitrogens with zero attached hydrogens (tertiary/aromatic N) is 3. The molecule has 4 aromatic rings. The number of amides is 1. The van der Waals surface area contributed by atoms with Crippen molar-refractivity contribution in [2.75, 3.05) is 0 Å². The van der Waals surface area contributed by atoms with Crippen molar-refractivity contribution in [1.29, 1.82) is 0 Å². The van der Waals surface area contributed by atoms with Gasteiger partial charge in [0.1, 0.15) is 5.82 Å². The van der Waals surface area contributed by atoms with Gasteiger partial charge < -0.3 is 25.7 Å². The first-order valence-corrected chi connectivity index (χ1v) is 14.2. The van der Waals surface area contributed by atoms with E-state index < -0.39 is 17.7 Å². The molecule has 4 rings (SSSR count). The highest BCUT2D eigenvalue weighted by Crippen LogP contribution is 2.26. The molecule has 2 aromatic carbocycles. The molecule has 0 unspecified atom stereocenters. The van der Waals surface area contributed by atoms with Gasteiger partial charge in [-0.05, 0) is 37.5 Å². The number of unbranched alkanes of at least 4 members (excludes halogenated alkanes) is 3. The number of halogens is 3. The summed E-state index contributed by atoms with van der Waals surface area (Å²) in [6, 6.07) is 18.2. The molecule has 43 heavy (non-hydrogen) atoms. The lowest BCUT2D eigenvalue weighted by Gasteiger charge is -2.24. The van der Waals surface area contributed by atoms with Crippen LogP contribution in [0.5, 0.6) is 0 Å². The number of alkyl halides is 3. The molecule has 5 N–H and O–H groups in total. The Kier molecular flexibility index (Phi) is 11.5.